The highest BCUT2D eigenvalue weighted by Crippen LogP contribution is 2.11. The lowest BCUT2D eigenvalue weighted by Gasteiger charge is -2.24. The first-order chi connectivity index (χ1) is 6.78. The Balaban J connectivity index is 3.75. The summed E-state index contributed by atoms with van der Waals surface area (Å²) in [5, 5.41) is 9.86. The highest BCUT2D eigenvalue weighted by Gasteiger charge is 2.10. The summed E-state index contributed by atoms with van der Waals surface area (Å²) in [5.74, 6) is 0.763. The summed E-state index contributed by atoms with van der Waals surface area (Å²) in [6, 6.07) is 0. The minimum Gasteiger partial charge on any atom is -0.396 e. The zero-order chi connectivity index (χ0) is 10.8. The van der Waals surface area contributed by atoms with Crippen molar-refractivity contribution < 1.29 is 5.11 Å². The van der Waals surface area contributed by atoms with Crippen molar-refractivity contribution in [2.45, 2.75) is 33.1 Å². The van der Waals surface area contributed by atoms with Crippen molar-refractivity contribution in [1.82, 2.24) is 4.90 Å². The molecule has 0 radical (unpaired) electrons. The maximum atomic E-state index is 8.77. The van der Waals surface area contributed by atoms with Gasteiger partial charge in [0.25, 0.3) is 0 Å². The SMILES string of the molecule is CCCC(CBr)CN(CC)CCCO. The number of hydrogen-bond donors (Lipinski definition) is 1. The lowest BCUT2D eigenvalue weighted by molar-refractivity contribution is 0.209. The van der Waals surface area contributed by atoms with Crippen molar-refractivity contribution in [1.29, 1.82) is 0 Å². The molecular formula is C11H24BrNO. The first-order valence-corrected chi connectivity index (χ1v) is 6.79. The maximum Gasteiger partial charge on any atom is 0.0443 e. The van der Waals surface area contributed by atoms with Crippen LogP contribution in [0, 0.1) is 5.92 Å². The third-order valence-corrected chi connectivity index (χ3v) is 3.43. The second kappa shape index (κ2) is 9.94. The van der Waals surface area contributed by atoms with E-state index in [0.29, 0.717) is 6.61 Å². The quantitative estimate of drug-likeness (QED) is 0.648. The van der Waals surface area contributed by atoms with Gasteiger partial charge in [0, 0.05) is 25.0 Å². The number of nitrogens with zero attached hydrogens (tertiary/aromatic N) is 1. The van der Waals surface area contributed by atoms with E-state index >= 15 is 0 Å². The van der Waals surface area contributed by atoms with Gasteiger partial charge in [-0.2, -0.15) is 0 Å². The van der Waals surface area contributed by atoms with Gasteiger partial charge in [-0.1, -0.05) is 36.2 Å². The topological polar surface area (TPSA) is 23.5 Å². The molecular weight excluding hydrogens is 242 g/mol. The molecule has 0 aromatic rings. The standard InChI is InChI=1S/C11H24BrNO/c1-3-6-11(9-12)10-13(4-2)7-5-8-14/h11,14H,3-10H2,1-2H3. The van der Waals surface area contributed by atoms with Gasteiger partial charge >= 0.3 is 0 Å². The predicted molar refractivity (Wildman–Crippen MR) is 66.0 cm³/mol. The molecule has 2 nitrogen and oxygen atoms in total. The molecule has 0 aliphatic rings. The van der Waals surface area contributed by atoms with Gasteiger partial charge in [-0.15, -0.1) is 0 Å². The fraction of sp³-hybridized carbons (Fsp3) is 1.00. The fourth-order valence-electron chi connectivity index (χ4n) is 1.66. The zero-order valence-electron chi connectivity index (χ0n) is 9.51. The van der Waals surface area contributed by atoms with Crippen LogP contribution in [0.25, 0.3) is 0 Å². The van der Waals surface area contributed by atoms with Crippen LogP contribution < -0.4 is 0 Å². The van der Waals surface area contributed by atoms with Crippen LogP contribution in [-0.2, 0) is 0 Å². The third-order valence-electron chi connectivity index (χ3n) is 2.51. The van der Waals surface area contributed by atoms with E-state index in [1.54, 1.807) is 0 Å². The van der Waals surface area contributed by atoms with Gasteiger partial charge in [0.05, 0.1) is 0 Å². The highest BCUT2D eigenvalue weighted by atomic mass is 79.9. The monoisotopic (exact) mass is 265 g/mol. The van der Waals surface area contributed by atoms with E-state index in [4.69, 9.17) is 5.11 Å². The predicted octanol–water partition coefficient (Wildman–Crippen LogP) is 2.50. The van der Waals surface area contributed by atoms with Crippen LogP contribution in [0.1, 0.15) is 33.1 Å². The van der Waals surface area contributed by atoms with Crippen molar-refractivity contribution in [3.63, 3.8) is 0 Å². The van der Waals surface area contributed by atoms with Crippen molar-refractivity contribution in [2.24, 2.45) is 5.92 Å². The number of alkyl halides is 1. The molecule has 0 heterocycles. The van der Waals surface area contributed by atoms with Gasteiger partial charge in [-0.25, -0.2) is 0 Å². The molecule has 0 spiro atoms. The summed E-state index contributed by atoms with van der Waals surface area (Å²) >= 11 is 3.57. The Bertz CT molecular complexity index is 122. The molecule has 86 valence electrons. The highest BCUT2D eigenvalue weighted by molar-refractivity contribution is 9.09. The number of aliphatic hydroxyl groups is 1. The molecule has 0 aliphatic carbocycles. The first kappa shape index (κ1) is 14.4. The molecule has 3 heteroatoms. The van der Waals surface area contributed by atoms with E-state index in [-0.39, 0.29) is 0 Å². The summed E-state index contributed by atoms with van der Waals surface area (Å²) < 4.78 is 0. The molecule has 0 fully saturated rings. The van der Waals surface area contributed by atoms with Crippen LogP contribution in [-0.4, -0.2) is 41.6 Å². The minimum absolute atomic E-state index is 0.309. The van der Waals surface area contributed by atoms with Gasteiger partial charge in [0.1, 0.15) is 0 Å². The Labute approximate surface area is 96.8 Å². The van der Waals surface area contributed by atoms with Crippen molar-refractivity contribution in [3.8, 4) is 0 Å². The zero-order valence-corrected chi connectivity index (χ0v) is 11.1. The van der Waals surface area contributed by atoms with Gasteiger partial charge in [-0.3, -0.25) is 0 Å². The molecule has 0 bridgehead atoms. The van der Waals surface area contributed by atoms with Gasteiger partial charge in [0.2, 0.25) is 0 Å². The Morgan fingerprint density at radius 2 is 2.07 bits per heavy atom. The van der Waals surface area contributed by atoms with E-state index in [1.807, 2.05) is 0 Å². The molecule has 0 saturated heterocycles. The second-order valence-corrected chi connectivity index (χ2v) is 4.43. The van der Waals surface area contributed by atoms with Gasteiger partial charge < -0.3 is 10.0 Å². The van der Waals surface area contributed by atoms with Gasteiger partial charge in [0.15, 0.2) is 0 Å². The fourth-order valence-corrected chi connectivity index (χ4v) is 2.19. The van der Waals surface area contributed by atoms with E-state index in [2.05, 4.69) is 34.7 Å². The minimum atomic E-state index is 0.309. The van der Waals surface area contributed by atoms with Crippen LogP contribution in [0.3, 0.4) is 0 Å². The van der Waals surface area contributed by atoms with Crippen molar-refractivity contribution in [2.75, 3.05) is 31.6 Å². The van der Waals surface area contributed by atoms with E-state index in [9.17, 15) is 0 Å². The van der Waals surface area contributed by atoms with Crippen LogP contribution in [0.4, 0.5) is 0 Å². The molecule has 0 aliphatic heterocycles. The lowest BCUT2D eigenvalue weighted by atomic mass is 10.1. The lowest BCUT2D eigenvalue weighted by Crippen LogP contribution is -2.31. The Morgan fingerprint density at radius 1 is 1.36 bits per heavy atom. The summed E-state index contributed by atoms with van der Waals surface area (Å²) in [5.41, 5.74) is 0. The summed E-state index contributed by atoms with van der Waals surface area (Å²) in [6.45, 7) is 8.01. The number of aliphatic hydroxyl groups excluding tert-OH is 1. The van der Waals surface area contributed by atoms with Crippen molar-refractivity contribution >= 4 is 15.9 Å². The molecule has 0 saturated carbocycles. The first-order valence-electron chi connectivity index (χ1n) is 5.67. The van der Waals surface area contributed by atoms with Crippen LogP contribution in [0.15, 0.2) is 0 Å². The van der Waals surface area contributed by atoms with E-state index in [1.165, 1.54) is 12.8 Å². The molecule has 1 atom stereocenters. The Morgan fingerprint density at radius 3 is 2.50 bits per heavy atom. The number of halogens is 1. The molecule has 0 rings (SSSR count). The van der Waals surface area contributed by atoms with Gasteiger partial charge in [-0.05, 0) is 25.3 Å². The van der Waals surface area contributed by atoms with Crippen LogP contribution in [0.2, 0.25) is 0 Å². The molecule has 1 N–H and O–H groups in total. The van der Waals surface area contributed by atoms with Crippen LogP contribution >= 0.6 is 15.9 Å². The molecule has 0 aromatic carbocycles. The van der Waals surface area contributed by atoms with Crippen molar-refractivity contribution in [3.05, 3.63) is 0 Å². The number of rotatable bonds is 9. The molecule has 14 heavy (non-hydrogen) atoms. The smallest absolute Gasteiger partial charge is 0.0443 e. The summed E-state index contributed by atoms with van der Waals surface area (Å²) in [6.07, 6.45) is 3.45. The Kier molecular flexibility index (Phi) is 10.2. The van der Waals surface area contributed by atoms with E-state index in [0.717, 1.165) is 37.3 Å². The number of hydrogen-bond acceptors (Lipinski definition) is 2. The second-order valence-electron chi connectivity index (χ2n) is 3.78. The molecule has 1 unspecified atom stereocenters. The normalized spacial score (nSPS) is 13.5. The van der Waals surface area contributed by atoms with E-state index < -0.39 is 0 Å². The average molecular weight is 266 g/mol. The largest absolute Gasteiger partial charge is 0.396 e. The third kappa shape index (κ3) is 6.80. The van der Waals surface area contributed by atoms with Crippen LogP contribution in [0.5, 0.6) is 0 Å². The summed E-state index contributed by atoms with van der Waals surface area (Å²) in [7, 11) is 0. The molecule has 0 aromatic heterocycles. The molecule has 0 amide bonds. The average Bonchev–Trinajstić information content (AvgIpc) is 2.22. The maximum absolute atomic E-state index is 8.77. The Hall–Kier alpha value is 0.400. The summed E-state index contributed by atoms with van der Waals surface area (Å²) in [4.78, 5) is 2.43.